The van der Waals surface area contributed by atoms with Gasteiger partial charge >= 0.3 is 0 Å². The van der Waals surface area contributed by atoms with Crippen molar-refractivity contribution in [2.75, 3.05) is 52.2 Å². The maximum absolute atomic E-state index is 12.4. The van der Waals surface area contributed by atoms with Gasteiger partial charge in [-0.2, -0.15) is 4.31 Å². The van der Waals surface area contributed by atoms with Gasteiger partial charge in [-0.05, 0) is 19.2 Å². The first-order valence-corrected chi connectivity index (χ1v) is 7.67. The summed E-state index contributed by atoms with van der Waals surface area (Å²) >= 11 is 0. The summed E-state index contributed by atoms with van der Waals surface area (Å²) < 4.78 is 26.4. The molecular weight excluding hydrogens is 264 g/mol. The van der Waals surface area contributed by atoms with Gasteiger partial charge in [-0.1, -0.05) is 0 Å². The highest BCUT2D eigenvalue weighted by molar-refractivity contribution is 7.89. The average molecular weight is 284 g/mol. The first-order valence-electron chi connectivity index (χ1n) is 6.23. The molecule has 0 spiro atoms. The number of piperazine rings is 1. The lowest BCUT2D eigenvalue weighted by molar-refractivity contribution is 0.222. The van der Waals surface area contributed by atoms with Gasteiger partial charge in [-0.15, -0.1) is 0 Å². The summed E-state index contributed by atoms with van der Waals surface area (Å²) in [5.74, 6) is 0.748. The van der Waals surface area contributed by atoms with Gasteiger partial charge in [0, 0.05) is 46.5 Å². The van der Waals surface area contributed by atoms with Crippen LogP contribution in [0.5, 0.6) is 0 Å². The van der Waals surface area contributed by atoms with E-state index in [1.165, 1.54) is 10.5 Å². The SMILES string of the molecule is CN1CCN(S(=O)(=O)c2ccc(N(C)C)nc2)CC1. The number of hydrogen-bond donors (Lipinski definition) is 0. The van der Waals surface area contributed by atoms with Gasteiger partial charge < -0.3 is 9.80 Å². The average Bonchev–Trinajstić information content (AvgIpc) is 2.39. The summed E-state index contributed by atoms with van der Waals surface area (Å²) in [4.78, 5) is 8.39. The Kier molecular flexibility index (Phi) is 4.07. The Bertz CT molecular complexity index is 519. The van der Waals surface area contributed by atoms with Crippen LogP contribution in [0.1, 0.15) is 0 Å². The van der Waals surface area contributed by atoms with Crippen molar-refractivity contribution in [1.29, 1.82) is 0 Å². The molecule has 0 atom stereocenters. The topological polar surface area (TPSA) is 56.8 Å². The summed E-state index contributed by atoms with van der Waals surface area (Å²) in [5.41, 5.74) is 0. The Morgan fingerprint density at radius 3 is 2.26 bits per heavy atom. The molecule has 0 amide bonds. The first kappa shape index (κ1) is 14.2. The third-order valence-corrected chi connectivity index (χ3v) is 5.16. The quantitative estimate of drug-likeness (QED) is 0.787. The first-order chi connectivity index (χ1) is 8.91. The Morgan fingerprint density at radius 2 is 1.79 bits per heavy atom. The second-order valence-corrected chi connectivity index (χ2v) is 6.89. The fourth-order valence-electron chi connectivity index (χ4n) is 1.97. The molecule has 0 N–H and O–H groups in total. The number of likely N-dealkylation sites (N-methyl/N-ethyl adjacent to an activating group) is 1. The van der Waals surface area contributed by atoms with Gasteiger partial charge in [0.15, 0.2) is 0 Å². The molecule has 0 aromatic carbocycles. The maximum atomic E-state index is 12.4. The van der Waals surface area contributed by atoms with Gasteiger partial charge in [0.05, 0.1) is 0 Å². The molecule has 1 aromatic heterocycles. The number of rotatable bonds is 3. The molecule has 1 fully saturated rings. The zero-order valence-corrected chi connectivity index (χ0v) is 12.4. The van der Waals surface area contributed by atoms with Gasteiger partial charge in [-0.25, -0.2) is 13.4 Å². The van der Waals surface area contributed by atoms with E-state index in [9.17, 15) is 8.42 Å². The van der Waals surface area contributed by atoms with E-state index in [4.69, 9.17) is 0 Å². The fourth-order valence-corrected chi connectivity index (χ4v) is 3.34. The smallest absolute Gasteiger partial charge is 0.244 e. The highest BCUT2D eigenvalue weighted by atomic mass is 32.2. The Morgan fingerprint density at radius 1 is 1.16 bits per heavy atom. The number of pyridine rings is 1. The van der Waals surface area contributed by atoms with Crippen LogP contribution in [0.15, 0.2) is 23.2 Å². The normalized spacial score (nSPS) is 18.5. The van der Waals surface area contributed by atoms with Gasteiger partial charge in [0.1, 0.15) is 10.7 Å². The van der Waals surface area contributed by atoms with Crippen molar-refractivity contribution in [2.45, 2.75) is 4.90 Å². The molecule has 2 rings (SSSR count). The molecule has 106 valence electrons. The van der Waals surface area contributed by atoms with E-state index in [0.717, 1.165) is 18.9 Å². The van der Waals surface area contributed by atoms with Crippen molar-refractivity contribution in [2.24, 2.45) is 0 Å². The third-order valence-electron chi connectivity index (χ3n) is 3.28. The van der Waals surface area contributed by atoms with Gasteiger partial charge in [0.2, 0.25) is 10.0 Å². The van der Waals surface area contributed by atoms with Crippen LogP contribution in [0.4, 0.5) is 5.82 Å². The van der Waals surface area contributed by atoms with Crippen molar-refractivity contribution in [1.82, 2.24) is 14.2 Å². The summed E-state index contributed by atoms with van der Waals surface area (Å²) in [5, 5.41) is 0. The van der Waals surface area contributed by atoms with Crippen molar-refractivity contribution >= 4 is 15.8 Å². The van der Waals surface area contributed by atoms with E-state index in [-0.39, 0.29) is 4.90 Å². The maximum Gasteiger partial charge on any atom is 0.244 e. The van der Waals surface area contributed by atoms with Crippen LogP contribution in [0.25, 0.3) is 0 Å². The lowest BCUT2D eigenvalue weighted by atomic mass is 10.4. The van der Waals surface area contributed by atoms with Crippen molar-refractivity contribution in [3.63, 3.8) is 0 Å². The number of anilines is 1. The number of sulfonamides is 1. The fraction of sp³-hybridized carbons (Fsp3) is 0.583. The largest absolute Gasteiger partial charge is 0.363 e. The lowest BCUT2D eigenvalue weighted by Gasteiger charge is -2.31. The van der Waals surface area contributed by atoms with Gasteiger partial charge in [-0.3, -0.25) is 0 Å². The van der Waals surface area contributed by atoms with E-state index < -0.39 is 10.0 Å². The molecule has 19 heavy (non-hydrogen) atoms. The lowest BCUT2D eigenvalue weighted by Crippen LogP contribution is -2.47. The van der Waals surface area contributed by atoms with Crippen LogP contribution < -0.4 is 4.90 Å². The van der Waals surface area contributed by atoms with Crippen LogP contribution in [0.3, 0.4) is 0 Å². The van der Waals surface area contributed by atoms with E-state index >= 15 is 0 Å². The molecule has 0 bridgehead atoms. The van der Waals surface area contributed by atoms with Crippen LogP contribution in [-0.4, -0.2) is 69.9 Å². The van der Waals surface area contributed by atoms with E-state index in [1.54, 1.807) is 12.1 Å². The Balaban J connectivity index is 2.19. The van der Waals surface area contributed by atoms with Gasteiger partial charge in [0.25, 0.3) is 0 Å². The monoisotopic (exact) mass is 284 g/mol. The van der Waals surface area contributed by atoms with E-state index in [0.29, 0.717) is 13.1 Å². The zero-order chi connectivity index (χ0) is 14.0. The van der Waals surface area contributed by atoms with E-state index in [1.807, 2.05) is 26.0 Å². The molecule has 1 aromatic rings. The predicted octanol–water partition coefficient (Wildman–Crippen LogP) is 0.0837. The molecule has 1 aliphatic heterocycles. The van der Waals surface area contributed by atoms with Crippen molar-refractivity contribution in [3.8, 4) is 0 Å². The molecule has 1 saturated heterocycles. The van der Waals surface area contributed by atoms with Crippen LogP contribution in [-0.2, 0) is 10.0 Å². The third kappa shape index (κ3) is 3.05. The molecule has 6 nitrogen and oxygen atoms in total. The minimum absolute atomic E-state index is 0.266. The van der Waals surface area contributed by atoms with Crippen LogP contribution in [0.2, 0.25) is 0 Å². The number of aromatic nitrogens is 1. The molecular formula is C12H20N4O2S. The molecule has 0 saturated carbocycles. The standard InChI is InChI=1S/C12H20N4O2S/c1-14(2)12-5-4-11(10-13-12)19(17,18)16-8-6-15(3)7-9-16/h4-5,10H,6-9H2,1-3H3. The molecule has 7 heteroatoms. The number of nitrogens with zero attached hydrogens (tertiary/aromatic N) is 4. The van der Waals surface area contributed by atoms with E-state index in [2.05, 4.69) is 9.88 Å². The molecule has 0 unspecified atom stereocenters. The van der Waals surface area contributed by atoms with Crippen LogP contribution >= 0.6 is 0 Å². The zero-order valence-electron chi connectivity index (χ0n) is 11.6. The second kappa shape index (κ2) is 5.44. The summed E-state index contributed by atoms with van der Waals surface area (Å²) in [6.45, 7) is 2.60. The minimum Gasteiger partial charge on any atom is -0.363 e. The van der Waals surface area contributed by atoms with Crippen molar-refractivity contribution < 1.29 is 8.42 Å². The Labute approximate surface area is 114 Å². The van der Waals surface area contributed by atoms with Crippen molar-refractivity contribution in [3.05, 3.63) is 18.3 Å². The molecule has 0 radical (unpaired) electrons. The summed E-state index contributed by atoms with van der Waals surface area (Å²) in [7, 11) is 2.34. The molecule has 2 heterocycles. The summed E-state index contributed by atoms with van der Waals surface area (Å²) in [6, 6.07) is 3.35. The summed E-state index contributed by atoms with van der Waals surface area (Å²) in [6.07, 6.45) is 1.43. The Hall–Kier alpha value is -1.18. The minimum atomic E-state index is -3.40. The second-order valence-electron chi connectivity index (χ2n) is 4.95. The highest BCUT2D eigenvalue weighted by Crippen LogP contribution is 2.18. The van der Waals surface area contributed by atoms with Crippen LogP contribution in [0, 0.1) is 0 Å². The number of hydrogen-bond acceptors (Lipinski definition) is 5. The molecule has 1 aliphatic rings. The predicted molar refractivity (Wildman–Crippen MR) is 74.8 cm³/mol. The highest BCUT2D eigenvalue weighted by Gasteiger charge is 2.27. The molecule has 0 aliphatic carbocycles.